The molecule has 2 atom stereocenters. The Morgan fingerprint density at radius 2 is 1.87 bits per heavy atom. The molecule has 1 fully saturated rings. The predicted octanol–water partition coefficient (Wildman–Crippen LogP) is 2.74. The smallest absolute Gasteiger partial charge is 0.215 e. The summed E-state index contributed by atoms with van der Waals surface area (Å²) in [5.74, 6) is 0.112. The van der Waals surface area contributed by atoms with Crippen molar-refractivity contribution < 1.29 is 16.8 Å². The Kier molecular flexibility index (Phi) is 5.76. The topological polar surface area (TPSA) is 80.3 Å². The average Bonchev–Trinajstić information content (AvgIpc) is 2.92. The monoisotopic (exact) mass is 379 g/mol. The summed E-state index contributed by atoms with van der Waals surface area (Å²) < 4.78 is 51.3. The van der Waals surface area contributed by atoms with Gasteiger partial charge in [-0.25, -0.2) is 21.6 Å². The van der Waals surface area contributed by atoms with Crippen molar-refractivity contribution in [3.63, 3.8) is 0 Å². The van der Waals surface area contributed by atoms with Crippen LogP contribution in [-0.4, -0.2) is 27.8 Å². The lowest BCUT2D eigenvalue weighted by molar-refractivity contribution is 0.532. The number of sulfonamides is 1. The van der Waals surface area contributed by atoms with E-state index in [1.807, 2.05) is 6.92 Å². The number of hydrogen-bond acceptors (Lipinski definition) is 4. The number of rotatable bonds is 6. The van der Waals surface area contributed by atoms with Gasteiger partial charge in [-0.1, -0.05) is 31.9 Å². The Morgan fingerprint density at radius 3 is 2.43 bits per heavy atom. The van der Waals surface area contributed by atoms with Gasteiger partial charge < -0.3 is 0 Å². The first-order valence-corrected chi connectivity index (χ1v) is 11.2. The van der Waals surface area contributed by atoms with Crippen LogP contribution >= 0.6 is 11.6 Å². The van der Waals surface area contributed by atoms with Crippen LogP contribution in [0.15, 0.2) is 23.1 Å². The standard InChI is InChI=1S/C15H22ClNO4S2/c1-3-22(18,19)14-8-12(7-13(16)9-14)10-17-23(20,21)15-6-4-5-11(15)2/h7-9,11,15,17H,3-6,10H2,1-2H3. The molecule has 0 amide bonds. The van der Waals surface area contributed by atoms with E-state index in [-0.39, 0.29) is 33.4 Å². The lowest BCUT2D eigenvalue weighted by atomic mass is 10.1. The summed E-state index contributed by atoms with van der Waals surface area (Å²) in [7, 11) is -6.80. The maximum atomic E-state index is 12.4. The average molecular weight is 380 g/mol. The van der Waals surface area contributed by atoms with E-state index in [4.69, 9.17) is 11.6 Å². The molecule has 0 heterocycles. The molecule has 1 aliphatic rings. The van der Waals surface area contributed by atoms with E-state index >= 15 is 0 Å². The number of benzene rings is 1. The second-order valence-electron chi connectivity index (χ2n) is 6.01. The minimum atomic E-state index is -3.42. The van der Waals surface area contributed by atoms with E-state index in [9.17, 15) is 16.8 Å². The fourth-order valence-electron chi connectivity index (χ4n) is 2.93. The first-order chi connectivity index (χ1) is 10.7. The van der Waals surface area contributed by atoms with Crippen molar-refractivity contribution >= 4 is 31.5 Å². The summed E-state index contributed by atoms with van der Waals surface area (Å²) in [5, 5.41) is -0.0940. The fourth-order valence-corrected chi connectivity index (χ4v) is 6.03. The van der Waals surface area contributed by atoms with Gasteiger partial charge in [-0.15, -0.1) is 0 Å². The largest absolute Gasteiger partial charge is 0.224 e. The number of hydrogen-bond donors (Lipinski definition) is 1. The molecule has 0 aromatic heterocycles. The molecule has 0 spiro atoms. The maximum Gasteiger partial charge on any atom is 0.215 e. The van der Waals surface area contributed by atoms with Gasteiger partial charge in [-0.05, 0) is 42.5 Å². The fraction of sp³-hybridized carbons (Fsp3) is 0.600. The van der Waals surface area contributed by atoms with Gasteiger partial charge in [0.05, 0.1) is 15.9 Å². The highest BCUT2D eigenvalue weighted by molar-refractivity contribution is 7.91. The van der Waals surface area contributed by atoms with E-state index in [2.05, 4.69) is 4.72 Å². The van der Waals surface area contributed by atoms with Crippen molar-refractivity contribution in [2.75, 3.05) is 5.75 Å². The lowest BCUT2D eigenvalue weighted by Crippen LogP contribution is -2.35. The predicted molar refractivity (Wildman–Crippen MR) is 91.7 cm³/mol. The normalized spacial score (nSPS) is 22.4. The van der Waals surface area contributed by atoms with Crippen molar-refractivity contribution in [2.24, 2.45) is 5.92 Å². The second kappa shape index (κ2) is 7.09. The van der Waals surface area contributed by atoms with Crippen LogP contribution in [-0.2, 0) is 26.4 Å². The molecule has 8 heteroatoms. The van der Waals surface area contributed by atoms with Crippen LogP contribution in [0.3, 0.4) is 0 Å². The summed E-state index contributed by atoms with van der Waals surface area (Å²) >= 11 is 5.97. The van der Waals surface area contributed by atoms with Crippen LogP contribution in [0.5, 0.6) is 0 Å². The zero-order chi connectivity index (χ0) is 17.3. The van der Waals surface area contributed by atoms with Gasteiger partial charge in [0.2, 0.25) is 10.0 Å². The van der Waals surface area contributed by atoms with Gasteiger partial charge in [-0.3, -0.25) is 0 Å². The molecule has 1 saturated carbocycles. The van der Waals surface area contributed by atoms with E-state index < -0.39 is 19.9 Å². The number of halogens is 1. The van der Waals surface area contributed by atoms with Crippen LogP contribution in [0.25, 0.3) is 0 Å². The Hall–Kier alpha value is -0.630. The van der Waals surface area contributed by atoms with E-state index in [1.165, 1.54) is 12.1 Å². The zero-order valence-corrected chi connectivity index (χ0v) is 15.6. The Bertz CT molecular complexity index is 775. The molecule has 2 unspecified atom stereocenters. The summed E-state index contributed by atoms with van der Waals surface area (Å²) in [6.45, 7) is 3.54. The molecule has 2 rings (SSSR count). The quantitative estimate of drug-likeness (QED) is 0.824. The molecular formula is C15H22ClNO4S2. The van der Waals surface area contributed by atoms with Crippen molar-refractivity contribution in [1.29, 1.82) is 0 Å². The SMILES string of the molecule is CCS(=O)(=O)c1cc(Cl)cc(CNS(=O)(=O)C2CCCC2C)c1. The van der Waals surface area contributed by atoms with E-state index in [0.717, 1.165) is 12.8 Å². The summed E-state index contributed by atoms with van der Waals surface area (Å²) in [5.41, 5.74) is 0.541. The van der Waals surface area contributed by atoms with Crippen molar-refractivity contribution in [2.45, 2.75) is 49.8 Å². The van der Waals surface area contributed by atoms with Gasteiger partial charge in [0, 0.05) is 11.6 Å². The van der Waals surface area contributed by atoms with Crippen LogP contribution in [0.1, 0.15) is 38.7 Å². The minimum absolute atomic E-state index is 0.0297. The van der Waals surface area contributed by atoms with Crippen LogP contribution < -0.4 is 4.72 Å². The summed E-state index contributed by atoms with van der Waals surface area (Å²) in [6.07, 6.45) is 2.51. The van der Waals surface area contributed by atoms with Crippen LogP contribution in [0, 0.1) is 5.92 Å². The van der Waals surface area contributed by atoms with Gasteiger partial charge in [0.1, 0.15) is 0 Å². The third-order valence-corrected chi connectivity index (χ3v) is 8.31. The second-order valence-corrected chi connectivity index (χ2v) is 10.7. The van der Waals surface area contributed by atoms with Crippen molar-refractivity contribution in [1.82, 2.24) is 4.72 Å². The first-order valence-electron chi connectivity index (χ1n) is 7.66. The summed E-state index contributed by atoms with van der Waals surface area (Å²) in [6, 6.07) is 4.44. The van der Waals surface area contributed by atoms with Crippen molar-refractivity contribution in [3.8, 4) is 0 Å². The maximum absolute atomic E-state index is 12.4. The highest BCUT2D eigenvalue weighted by Crippen LogP contribution is 2.30. The molecule has 1 N–H and O–H groups in total. The number of sulfone groups is 1. The molecule has 0 aliphatic heterocycles. The lowest BCUT2D eigenvalue weighted by Gasteiger charge is -2.17. The third-order valence-electron chi connectivity index (χ3n) is 4.33. The van der Waals surface area contributed by atoms with Gasteiger partial charge in [0.25, 0.3) is 0 Å². The van der Waals surface area contributed by atoms with E-state index in [1.54, 1.807) is 13.0 Å². The third kappa shape index (κ3) is 4.47. The molecule has 1 aromatic rings. The highest BCUT2D eigenvalue weighted by Gasteiger charge is 2.34. The Balaban J connectivity index is 2.18. The van der Waals surface area contributed by atoms with Crippen LogP contribution in [0.4, 0.5) is 0 Å². The molecule has 0 saturated heterocycles. The van der Waals surface area contributed by atoms with Gasteiger partial charge >= 0.3 is 0 Å². The first kappa shape index (κ1) is 18.7. The highest BCUT2D eigenvalue weighted by atomic mass is 35.5. The molecule has 5 nitrogen and oxygen atoms in total. The zero-order valence-electron chi connectivity index (χ0n) is 13.2. The molecule has 1 aromatic carbocycles. The van der Waals surface area contributed by atoms with Gasteiger partial charge in [0.15, 0.2) is 9.84 Å². The number of nitrogens with one attached hydrogen (secondary N) is 1. The molecule has 1 aliphatic carbocycles. The summed E-state index contributed by atoms with van der Waals surface area (Å²) in [4.78, 5) is 0.121. The molecular weight excluding hydrogens is 358 g/mol. The molecule has 0 bridgehead atoms. The van der Waals surface area contributed by atoms with Crippen LogP contribution in [0.2, 0.25) is 5.02 Å². The minimum Gasteiger partial charge on any atom is -0.224 e. The molecule has 0 radical (unpaired) electrons. The molecule has 130 valence electrons. The van der Waals surface area contributed by atoms with Crippen molar-refractivity contribution in [3.05, 3.63) is 28.8 Å². The Labute approximate surface area is 143 Å². The Morgan fingerprint density at radius 1 is 1.17 bits per heavy atom. The molecule has 23 heavy (non-hydrogen) atoms. The van der Waals surface area contributed by atoms with Gasteiger partial charge in [-0.2, -0.15) is 0 Å². The van der Waals surface area contributed by atoms with E-state index in [0.29, 0.717) is 12.0 Å².